The Morgan fingerprint density at radius 3 is 2.62 bits per heavy atom. The van der Waals surface area contributed by atoms with E-state index >= 15 is 0 Å². The van der Waals surface area contributed by atoms with Crippen LogP contribution in [0.4, 0.5) is 14.5 Å². The van der Waals surface area contributed by atoms with E-state index < -0.39 is 20.7 Å². The highest BCUT2D eigenvalue weighted by molar-refractivity contribution is 7.93. The Hall–Kier alpha value is -2.23. The zero-order valence-corrected chi connectivity index (χ0v) is 18.2. The lowest BCUT2D eigenvalue weighted by atomic mass is 10.2. The minimum atomic E-state index is -4.08. The lowest BCUT2D eigenvalue weighted by Crippen LogP contribution is -2.14. The van der Waals surface area contributed by atoms with Crippen molar-refractivity contribution < 1.29 is 12.8 Å². The summed E-state index contributed by atoms with van der Waals surface area (Å²) in [5.41, 5.74) is 1.38. The topological polar surface area (TPSA) is 84.0 Å². The number of hydrogen-bond donors (Lipinski definition) is 2. The molecular weight excluding hydrogens is 435 g/mol. The third-order valence-corrected chi connectivity index (χ3v) is 6.41. The van der Waals surface area contributed by atoms with E-state index in [0.29, 0.717) is 5.69 Å². The number of nitrogens with zero attached hydrogens (tertiary/aromatic N) is 2. The first kappa shape index (κ1) is 23.1. The number of aromatic nitrogens is 2. The molecule has 0 amide bonds. The third kappa shape index (κ3) is 5.88. The molecule has 0 bridgehead atoms. The summed E-state index contributed by atoms with van der Waals surface area (Å²) in [5.74, 6) is -0.808. The van der Waals surface area contributed by atoms with Crippen LogP contribution in [0, 0.1) is 5.82 Å². The van der Waals surface area contributed by atoms with E-state index in [9.17, 15) is 12.8 Å². The zero-order chi connectivity index (χ0) is 20.0. The lowest BCUT2D eigenvalue weighted by molar-refractivity contribution is 0.570. The highest BCUT2D eigenvalue weighted by Gasteiger charge is 2.22. The average Bonchev–Trinajstić information content (AvgIpc) is 3.08. The van der Waals surface area contributed by atoms with Gasteiger partial charge in [0.2, 0.25) is 0 Å². The number of benzene rings is 1. The standard InChI is InChI=1S/C19H21FN4O2S2.ClH/c1-2-3-6-12-22-18-17(14-8-7-11-21-13-14)23-19(27-18)24-28(25,26)16-10-5-4-9-15(16)20;/h4-5,7-11,13,22H,2-3,6,12H2,1H3,(H,23,24);1H. The maximum absolute atomic E-state index is 13.9. The molecule has 0 radical (unpaired) electrons. The van der Waals surface area contributed by atoms with Crippen LogP contribution in [0.15, 0.2) is 53.7 Å². The molecule has 3 rings (SSSR count). The molecular formula is C19H22ClFN4O2S2. The quantitative estimate of drug-likeness (QED) is 0.434. The van der Waals surface area contributed by atoms with Gasteiger partial charge in [0.05, 0.1) is 0 Å². The average molecular weight is 457 g/mol. The van der Waals surface area contributed by atoms with E-state index in [-0.39, 0.29) is 17.5 Å². The number of unbranched alkanes of at least 4 members (excludes halogenated alkanes) is 2. The van der Waals surface area contributed by atoms with Gasteiger partial charge in [-0.3, -0.25) is 9.71 Å². The summed E-state index contributed by atoms with van der Waals surface area (Å²) in [4.78, 5) is 8.12. The summed E-state index contributed by atoms with van der Waals surface area (Å²) in [5, 5.41) is 4.24. The van der Waals surface area contributed by atoms with Crippen molar-refractivity contribution >= 4 is 43.9 Å². The minimum Gasteiger partial charge on any atom is -0.375 e. The second-order valence-corrected chi connectivity index (χ2v) is 8.76. The van der Waals surface area contributed by atoms with Crippen molar-refractivity contribution in [2.24, 2.45) is 0 Å². The normalized spacial score (nSPS) is 11.0. The van der Waals surface area contributed by atoms with Gasteiger partial charge in [-0.25, -0.2) is 17.8 Å². The summed E-state index contributed by atoms with van der Waals surface area (Å²) in [7, 11) is -4.08. The Kier molecular flexibility index (Phi) is 8.36. The van der Waals surface area contributed by atoms with Gasteiger partial charge in [-0.05, 0) is 30.7 Å². The number of sulfonamides is 1. The Morgan fingerprint density at radius 1 is 1.14 bits per heavy atom. The SMILES string of the molecule is CCCCCNc1sc(NS(=O)(=O)c2ccccc2F)nc1-c1cccnc1.Cl. The van der Waals surface area contributed by atoms with Crippen LogP contribution in [0.1, 0.15) is 26.2 Å². The van der Waals surface area contributed by atoms with Crippen molar-refractivity contribution in [2.45, 2.75) is 31.1 Å². The van der Waals surface area contributed by atoms with E-state index in [1.807, 2.05) is 6.07 Å². The number of rotatable bonds is 9. The monoisotopic (exact) mass is 456 g/mol. The van der Waals surface area contributed by atoms with Crippen LogP contribution in [0.25, 0.3) is 11.3 Å². The van der Waals surface area contributed by atoms with E-state index in [1.54, 1.807) is 18.5 Å². The van der Waals surface area contributed by atoms with Crippen molar-refractivity contribution in [3.8, 4) is 11.3 Å². The van der Waals surface area contributed by atoms with Crippen LogP contribution in [0.2, 0.25) is 0 Å². The predicted molar refractivity (Wildman–Crippen MR) is 118 cm³/mol. The molecule has 0 aliphatic rings. The molecule has 0 atom stereocenters. The molecule has 156 valence electrons. The molecule has 0 spiro atoms. The number of anilines is 2. The van der Waals surface area contributed by atoms with Crippen LogP contribution in [-0.2, 0) is 10.0 Å². The highest BCUT2D eigenvalue weighted by atomic mass is 35.5. The number of pyridine rings is 1. The number of thiazole rings is 1. The van der Waals surface area contributed by atoms with Gasteiger partial charge in [-0.15, -0.1) is 12.4 Å². The molecule has 29 heavy (non-hydrogen) atoms. The first-order valence-electron chi connectivity index (χ1n) is 8.93. The Bertz CT molecular complexity index is 1030. The van der Waals surface area contributed by atoms with Gasteiger partial charge in [0.15, 0.2) is 5.13 Å². The molecule has 0 fully saturated rings. The molecule has 0 aliphatic carbocycles. The van der Waals surface area contributed by atoms with Crippen LogP contribution in [0.5, 0.6) is 0 Å². The van der Waals surface area contributed by atoms with Crippen LogP contribution >= 0.6 is 23.7 Å². The van der Waals surface area contributed by atoms with Crippen molar-refractivity contribution in [2.75, 3.05) is 16.6 Å². The summed E-state index contributed by atoms with van der Waals surface area (Å²) < 4.78 is 41.4. The van der Waals surface area contributed by atoms with Gasteiger partial charge in [0, 0.05) is 24.5 Å². The molecule has 2 aromatic heterocycles. The molecule has 6 nitrogen and oxygen atoms in total. The van der Waals surface area contributed by atoms with Gasteiger partial charge in [-0.1, -0.05) is 43.2 Å². The van der Waals surface area contributed by atoms with Gasteiger partial charge >= 0.3 is 0 Å². The van der Waals surface area contributed by atoms with Crippen LogP contribution in [-0.4, -0.2) is 24.9 Å². The van der Waals surface area contributed by atoms with Gasteiger partial charge in [-0.2, -0.15) is 0 Å². The lowest BCUT2D eigenvalue weighted by Gasteiger charge is -2.05. The fourth-order valence-electron chi connectivity index (χ4n) is 2.59. The Balaban J connectivity index is 0.00000300. The summed E-state index contributed by atoms with van der Waals surface area (Å²) in [6.07, 6.45) is 6.53. The minimum absolute atomic E-state index is 0. The molecule has 0 saturated heterocycles. The molecule has 0 unspecified atom stereocenters. The second kappa shape index (κ2) is 10.5. The number of hydrogen-bond acceptors (Lipinski definition) is 6. The van der Waals surface area contributed by atoms with E-state index in [4.69, 9.17) is 0 Å². The van der Waals surface area contributed by atoms with E-state index in [0.717, 1.165) is 42.4 Å². The Morgan fingerprint density at radius 2 is 1.93 bits per heavy atom. The maximum Gasteiger partial charge on any atom is 0.266 e. The van der Waals surface area contributed by atoms with Gasteiger partial charge in [0.1, 0.15) is 21.4 Å². The fraction of sp³-hybridized carbons (Fsp3) is 0.263. The van der Waals surface area contributed by atoms with Gasteiger partial charge in [0.25, 0.3) is 10.0 Å². The molecule has 0 aliphatic heterocycles. The van der Waals surface area contributed by atoms with Crippen LogP contribution < -0.4 is 10.0 Å². The zero-order valence-electron chi connectivity index (χ0n) is 15.8. The van der Waals surface area contributed by atoms with Crippen molar-refractivity contribution in [3.63, 3.8) is 0 Å². The summed E-state index contributed by atoms with van der Waals surface area (Å²) >= 11 is 1.18. The smallest absolute Gasteiger partial charge is 0.266 e. The van der Waals surface area contributed by atoms with Crippen LogP contribution in [0.3, 0.4) is 0 Å². The van der Waals surface area contributed by atoms with Crippen molar-refractivity contribution in [3.05, 3.63) is 54.6 Å². The van der Waals surface area contributed by atoms with E-state index in [1.165, 1.54) is 29.5 Å². The first-order valence-corrected chi connectivity index (χ1v) is 11.2. The maximum atomic E-state index is 13.9. The third-order valence-electron chi connectivity index (χ3n) is 3.98. The second-order valence-electron chi connectivity index (χ2n) is 6.11. The Labute approximate surface area is 180 Å². The van der Waals surface area contributed by atoms with Crippen molar-refractivity contribution in [1.29, 1.82) is 0 Å². The predicted octanol–water partition coefficient (Wildman–Crippen LogP) is 5.17. The molecule has 10 heteroatoms. The first-order chi connectivity index (χ1) is 13.5. The highest BCUT2D eigenvalue weighted by Crippen LogP contribution is 2.36. The van der Waals surface area contributed by atoms with Crippen molar-refractivity contribution in [1.82, 2.24) is 9.97 Å². The molecule has 0 saturated carbocycles. The fourth-order valence-corrected chi connectivity index (χ4v) is 4.82. The number of nitrogens with one attached hydrogen (secondary N) is 2. The number of halogens is 2. The van der Waals surface area contributed by atoms with E-state index in [2.05, 4.69) is 26.9 Å². The summed E-state index contributed by atoms with van der Waals surface area (Å²) in [6, 6.07) is 8.89. The largest absolute Gasteiger partial charge is 0.375 e. The molecule has 3 aromatic rings. The summed E-state index contributed by atoms with van der Waals surface area (Å²) in [6.45, 7) is 2.88. The molecule has 2 N–H and O–H groups in total. The van der Waals surface area contributed by atoms with Gasteiger partial charge < -0.3 is 5.32 Å². The molecule has 2 heterocycles. The molecule has 1 aromatic carbocycles.